The molecule has 1 fully saturated rings. The summed E-state index contributed by atoms with van der Waals surface area (Å²) in [5.41, 5.74) is 0.663. The zero-order valence-corrected chi connectivity index (χ0v) is 18.5. The molecular formula is C21H25ClN2O5S. The minimum Gasteiger partial charge on any atom is -0.489 e. The Bertz CT molecular complexity index is 1000. The first-order valence-corrected chi connectivity index (χ1v) is 11.5. The number of para-hydroxylation sites is 2. The highest BCUT2D eigenvalue weighted by Gasteiger charge is 2.23. The SMILES string of the molecule is CN(C)S(=O)(=O)c1cc(C(=O)Nc2ccccc2OCC2CCCCO2)ccc1Cl. The zero-order chi connectivity index (χ0) is 21.7. The fourth-order valence-electron chi connectivity index (χ4n) is 3.05. The number of halogens is 1. The maximum absolute atomic E-state index is 12.8. The molecule has 1 aliphatic heterocycles. The van der Waals surface area contributed by atoms with Gasteiger partial charge in [0.1, 0.15) is 17.3 Å². The van der Waals surface area contributed by atoms with Crippen LogP contribution in [0.1, 0.15) is 29.6 Å². The Kier molecular flexibility index (Phi) is 7.36. The van der Waals surface area contributed by atoms with E-state index in [2.05, 4.69) is 5.32 Å². The molecule has 0 spiro atoms. The lowest BCUT2D eigenvalue weighted by molar-refractivity contribution is -0.0109. The minimum atomic E-state index is -3.78. The minimum absolute atomic E-state index is 0.0394. The molecule has 1 aliphatic rings. The van der Waals surface area contributed by atoms with Gasteiger partial charge in [0.15, 0.2) is 0 Å². The normalized spacial score (nSPS) is 17.0. The van der Waals surface area contributed by atoms with Crippen molar-refractivity contribution in [3.63, 3.8) is 0 Å². The molecule has 1 N–H and O–H groups in total. The Morgan fingerprint density at radius 2 is 2.00 bits per heavy atom. The lowest BCUT2D eigenvalue weighted by Crippen LogP contribution is -2.26. The number of nitrogens with zero attached hydrogens (tertiary/aromatic N) is 1. The number of hydrogen-bond acceptors (Lipinski definition) is 5. The number of carbonyl (C=O) groups is 1. The highest BCUT2D eigenvalue weighted by Crippen LogP contribution is 2.28. The molecule has 30 heavy (non-hydrogen) atoms. The van der Waals surface area contributed by atoms with Crippen LogP contribution in [-0.4, -0.2) is 52.0 Å². The predicted molar refractivity (Wildman–Crippen MR) is 116 cm³/mol. The van der Waals surface area contributed by atoms with Crippen LogP contribution in [0.3, 0.4) is 0 Å². The van der Waals surface area contributed by atoms with Gasteiger partial charge in [0.25, 0.3) is 5.91 Å². The van der Waals surface area contributed by atoms with Crippen LogP contribution in [0.15, 0.2) is 47.4 Å². The Hall–Kier alpha value is -2.13. The van der Waals surface area contributed by atoms with Gasteiger partial charge in [0, 0.05) is 26.3 Å². The third-order valence-electron chi connectivity index (χ3n) is 4.79. The second-order valence-corrected chi connectivity index (χ2v) is 9.71. The summed E-state index contributed by atoms with van der Waals surface area (Å²) < 4.78 is 37.5. The fraction of sp³-hybridized carbons (Fsp3) is 0.381. The average molecular weight is 453 g/mol. The van der Waals surface area contributed by atoms with Crippen LogP contribution >= 0.6 is 11.6 Å². The van der Waals surface area contributed by atoms with Crippen molar-refractivity contribution in [2.75, 3.05) is 32.6 Å². The number of benzene rings is 2. The van der Waals surface area contributed by atoms with Gasteiger partial charge in [-0.05, 0) is 49.6 Å². The lowest BCUT2D eigenvalue weighted by Gasteiger charge is -2.23. The Labute approximate surface area is 182 Å². The number of amides is 1. The monoisotopic (exact) mass is 452 g/mol. The second kappa shape index (κ2) is 9.78. The number of carbonyl (C=O) groups excluding carboxylic acids is 1. The van der Waals surface area contributed by atoms with Crippen LogP contribution in [-0.2, 0) is 14.8 Å². The summed E-state index contributed by atoms with van der Waals surface area (Å²) in [4.78, 5) is 12.7. The van der Waals surface area contributed by atoms with Gasteiger partial charge in [-0.2, -0.15) is 0 Å². The van der Waals surface area contributed by atoms with Crippen LogP contribution in [0.5, 0.6) is 5.75 Å². The Balaban J connectivity index is 1.76. The summed E-state index contributed by atoms with van der Waals surface area (Å²) in [6.07, 6.45) is 3.16. The molecule has 0 saturated carbocycles. The van der Waals surface area contributed by atoms with E-state index in [4.69, 9.17) is 21.1 Å². The largest absolute Gasteiger partial charge is 0.489 e. The summed E-state index contributed by atoms with van der Waals surface area (Å²) in [6, 6.07) is 11.2. The summed E-state index contributed by atoms with van der Waals surface area (Å²) in [5.74, 6) is 0.0574. The van der Waals surface area contributed by atoms with E-state index in [0.29, 0.717) is 18.0 Å². The highest BCUT2D eigenvalue weighted by molar-refractivity contribution is 7.89. The molecule has 1 atom stereocenters. The van der Waals surface area contributed by atoms with Crippen molar-refractivity contribution in [2.24, 2.45) is 0 Å². The molecule has 1 heterocycles. The number of ether oxygens (including phenoxy) is 2. The average Bonchev–Trinajstić information content (AvgIpc) is 2.74. The van der Waals surface area contributed by atoms with Gasteiger partial charge in [0.05, 0.1) is 16.8 Å². The third kappa shape index (κ3) is 5.31. The lowest BCUT2D eigenvalue weighted by atomic mass is 10.1. The number of rotatable bonds is 7. The highest BCUT2D eigenvalue weighted by atomic mass is 35.5. The first-order chi connectivity index (χ1) is 14.3. The maximum Gasteiger partial charge on any atom is 0.255 e. The van der Waals surface area contributed by atoms with Crippen LogP contribution in [0.25, 0.3) is 0 Å². The van der Waals surface area contributed by atoms with Crippen LogP contribution < -0.4 is 10.1 Å². The topological polar surface area (TPSA) is 84.9 Å². The quantitative estimate of drug-likeness (QED) is 0.690. The van der Waals surface area contributed by atoms with Gasteiger partial charge < -0.3 is 14.8 Å². The Morgan fingerprint density at radius 1 is 1.23 bits per heavy atom. The number of sulfonamides is 1. The zero-order valence-electron chi connectivity index (χ0n) is 16.9. The molecule has 1 unspecified atom stereocenters. The number of anilines is 1. The van der Waals surface area contributed by atoms with E-state index in [1.54, 1.807) is 18.2 Å². The maximum atomic E-state index is 12.8. The van der Waals surface area contributed by atoms with Gasteiger partial charge >= 0.3 is 0 Å². The first-order valence-electron chi connectivity index (χ1n) is 9.66. The van der Waals surface area contributed by atoms with E-state index in [9.17, 15) is 13.2 Å². The smallest absolute Gasteiger partial charge is 0.255 e. The molecule has 0 aliphatic carbocycles. The molecule has 1 saturated heterocycles. The Morgan fingerprint density at radius 3 is 2.70 bits per heavy atom. The molecule has 0 bridgehead atoms. The van der Waals surface area contributed by atoms with Gasteiger partial charge in [0.2, 0.25) is 10.0 Å². The van der Waals surface area contributed by atoms with E-state index in [1.807, 2.05) is 6.07 Å². The van der Waals surface area contributed by atoms with Gasteiger partial charge in [-0.3, -0.25) is 4.79 Å². The van der Waals surface area contributed by atoms with Crippen LogP contribution in [0.2, 0.25) is 5.02 Å². The molecule has 0 aromatic heterocycles. The van der Waals surface area contributed by atoms with Crippen molar-refractivity contribution in [1.29, 1.82) is 0 Å². The number of hydrogen-bond donors (Lipinski definition) is 1. The summed E-state index contributed by atoms with van der Waals surface area (Å²) >= 11 is 6.06. The van der Waals surface area contributed by atoms with E-state index in [1.165, 1.54) is 32.3 Å². The molecule has 162 valence electrons. The molecule has 3 rings (SSSR count). The van der Waals surface area contributed by atoms with Gasteiger partial charge in [-0.1, -0.05) is 23.7 Å². The fourth-order valence-corrected chi connectivity index (χ4v) is 4.44. The van der Waals surface area contributed by atoms with Crippen molar-refractivity contribution in [3.8, 4) is 5.75 Å². The molecular weight excluding hydrogens is 428 g/mol. The molecule has 2 aromatic rings. The molecule has 2 aromatic carbocycles. The van der Waals surface area contributed by atoms with E-state index in [-0.39, 0.29) is 21.6 Å². The second-order valence-electron chi connectivity index (χ2n) is 7.18. The van der Waals surface area contributed by atoms with Crippen LogP contribution in [0, 0.1) is 0 Å². The molecule has 9 heteroatoms. The predicted octanol–water partition coefficient (Wildman–Crippen LogP) is 3.79. The van der Waals surface area contributed by atoms with Crippen LogP contribution in [0.4, 0.5) is 5.69 Å². The van der Waals surface area contributed by atoms with Crippen molar-refractivity contribution in [3.05, 3.63) is 53.1 Å². The summed E-state index contributed by atoms with van der Waals surface area (Å²) in [5, 5.41) is 2.84. The molecule has 1 amide bonds. The van der Waals surface area contributed by atoms with Gasteiger partial charge in [-0.25, -0.2) is 12.7 Å². The summed E-state index contributed by atoms with van der Waals surface area (Å²) in [6.45, 7) is 1.14. The molecule has 7 nitrogen and oxygen atoms in total. The molecule has 0 radical (unpaired) electrons. The number of nitrogens with one attached hydrogen (secondary N) is 1. The van der Waals surface area contributed by atoms with Crippen molar-refractivity contribution < 1.29 is 22.7 Å². The summed E-state index contributed by atoms with van der Waals surface area (Å²) in [7, 11) is -0.973. The standard InChI is InChI=1S/C21H25ClN2O5S/c1-24(2)30(26,27)20-13-15(10-11-17(20)22)21(25)23-18-8-3-4-9-19(18)29-14-16-7-5-6-12-28-16/h3-4,8-11,13,16H,5-7,12,14H2,1-2H3,(H,23,25). The van der Waals surface area contributed by atoms with Crippen molar-refractivity contribution >= 4 is 33.2 Å². The van der Waals surface area contributed by atoms with E-state index in [0.717, 1.165) is 30.2 Å². The van der Waals surface area contributed by atoms with Crippen molar-refractivity contribution in [1.82, 2.24) is 4.31 Å². The van der Waals surface area contributed by atoms with E-state index >= 15 is 0 Å². The first kappa shape index (κ1) is 22.6. The van der Waals surface area contributed by atoms with Crippen molar-refractivity contribution in [2.45, 2.75) is 30.3 Å². The third-order valence-corrected chi connectivity index (χ3v) is 7.08. The van der Waals surface area contributed by atoms with Gasteiger partial charge in [-0.15, -0.1) is 0 Å². The van der Waals surface area contributed by atoms with E-state index < -0.39 is 15.9 Å².